The van der Waals surface area contributed by atoms with E-state index in [0.29, 0.717) is 6.61 Å². The van der Waals surface area contributed by atoms with Crippen molar-refractivity contribution in [3.8, 4) is 0 Å². The molecule has 0 radical (unpaired) electrons. The van der Waals surface area contributed by atoms with Crippen LogP contribution in [-0.4, -0.2) is 64.3 Å². The van der Waals surface area contributed by atoms with Crippen LogP contribution in [0.5, 0.6) is 0 Å². The molecule has 4 N–H and O–H groups in total. The summed E-state index contributed by atoms with van der Waals surface area (Å²) >= 11 is 0. The van der Waals surface area contributed by atoms with E-state index in [2.05, 4.69) is 6.92 Å². The lowest BCUT2D eigenvalue weighted by Crippen LogP contribution is -2.59. The van der Waals surface area contributed by atoms with Gasteiger partial charge in [0.1, 0.15) is 24.4 Å². The fraction of sp³-hybridized carbons (Fsp3) is 1.00. The lowest BCUT2D eigenvalue weighted by molar-refractivity contribution is -0.301. The number of hydrogen-bond donors (Lipinski definition) is 4. The van der Waals surface area contributed by atoms with Gasteiger partial charge in [-0.1, -0.05) is 110 Å². The van der Waals surface area contributed by atoms with E-state index in [9.17, 15) is 20.4 Å². The van der Waals surface area contributed by atoms with Crippen LogP contribution in [0.2, 0.25) is 0 Å². The minimum Gasteiger partial charge on any atom is -0.394 e. The van der Waals surface area contributed by atoms with Crippen LogP contribution in [0.1, 0.15) is 116 Å². The standard InChI is InChI=1S/C25H50O6/c1-2-3-4-5-6-7-8-9-10-11-12-13-14-15-16-17-18-19-30-25-24(29)23(28)22(27)21(20-26)31-25/h21-29H,2-20H2,1H3/t21-,22-,23+,24-,25+/m0/s1. The van der Waals surface area contributed by atoms with Gasteiger partial charge in [0.15, 0.2) is 6.29 Å². The number of ether oxygens (including phenoxy) is 2. The highest BCUT2D eigenvalue weighted by Crippen LogP contribution is 2.22. The zero-order valence-electron chi connectivity index (χ0n) is 19.9. The topological polar surface area (TPSA) is 99.4 Å². The number of aliphatic hydroxyl groups excluding tert-OH is 4. The molecular formula is C25H50O6. The maximum Gasteiger partial charge on any atom is 0.186 e. The van der Waals surface area contributed by atoms with Crippen molar-refractivity contribution in [3.63, 3.8) is 0 Å². The quantitative estimate of drug-likeness (QED) is 0.206. The molecule has 0 aromatic carbocycles. The van der Waals surface area contributed by atoms with E-state index >= 15 is 0 Å². The first-order valence-electron chi connectivity index (χ1n) is 13.0. The Morgan fingerprint density at radius 3 is 1.42 bits per heavy atom. The molecule has 0 aliphatic carbocycles. The second-order valence-electron chi connectivity index (χ2n) is 9.22. The number of hydrogen-bond acceptors (Lipinski definition) is 6. The van der Waals surface area contributed by atoms with E-state index < -0.39 is 37.3 Å². The molecule has 1 aliphatic rings. The highest BCUT2D eigenvalue weighted by molar-refractivity contribution is 4.88. The fourth-order valence-electron chi connectivity index (χ4n) is 4.23. The van der Waals surface area contributed by atoms with Crippen molar-refractivity contribution in [1.82, 2.24) is 0 Å². The molecule has 31 heavy (non-hydrogen) atoms. The summed E-state index contributed by atoms with van der Waals surface area (Å²) in [5.41, 5.74) is 0. The van der Waals surface area contributed by atoms with Gasteiger partial charge in [0, 0.05) is 6.61 Å². The number of unbranched alkanes of at least 4 members (excludes halogenated alkanes) is 16. The third-order valence-electron chi connectivity index (χ3n) is 6.38. The van der Waals surface area contributed by atoms with Crippen LogP contribution < -0.4 is 0 Å². The Bertz CT molecular complexity index is 392. The largest absolute Gasteiger partial charge is 0.394 e. The van der Waals surface area contributed by atoms with Gasteiger partial charge in [-0.2, -0.15) is 0 Å². The predicted octanol–water partition coefficient (Wildman–Crippen LogP) is 4.45. The number of aliphatic hydroxyl groups is 4. The molecule has 6 heteroatoms. The van der Waals surface area contributed by atoms with Crippen LogP contribution in [0, 0.1) is 0 Å². The smallest absolute Gasteiger partial charge is 0.186 e. The SMILES string of the molecule is CCCCCCCCCCCCCCCCCCCO[C@@H]1O[C@@H](CO)[C@H](O)[C@@H](O)[C@@H]1O. The molecule has 1 rings (SSSR count). The molecule has 0 aromatic rings. The Balaban J connectivity index is 1.84. The Kier molecular flexibility index (Phi) is 17.9. The fourth-order valence-corrected chi connectivity index (χ4v) is 4.23. The Labute approximate surface area is 190 Å². The van der Waals surface area contributed by atoms with Gasteiger partial charge in [-0.3, -0.25) is 0 Å². The van der Waals surface area contributed by atoms with Crippen molar-refractivity contribution in [2.45, 2.75) is 147 Å². The molecule has 0 saturated carbocycles. The van der Waals surface area contributed by atoms with Crippen molar-refractivity contribution in [2.75, 3.05) is 13.2 Å². The summed E-state index contributed by atoms with van der Waals surface area (Å²) < 4.78 is 10.8. The zero-order valence-corrected chi connectivity index (χ0v) is 19.9. The van der Waals surface area contributed by atoms with Gasteiger partial charge in [-0.25, -0.2) is 0 Å². The van der Waals surface area contributed by atoms with Crippen molar-refractivity contribution >= 4 is 0 Å². The number of rotatable bonds is 20. The average molecular weight is 447 g/mol. The summed E-state index contributed by atoms with van der Waals surface area (Å²) in [5, 5.41) is 38.6. The zero-order chi connectivity index (χ0) is 22.7. The maximum absolute atomic E-state index is 9.92. The minimum absolute atomic E-state index is 0.427. The molecule has 0 amide bonds. The molecule has 0 aromatic heterocycles. The minimum atomic E-state index is -1.37. The molecule has 1 aliphatic heterocycles. The van der Waals surface area contributed by atoms with Crippen LogP contribution in [0.15, 0.2) is 0 Å². The maximum atomic E-state index is 9.92. The highest BCUT2D eigenvalue weighted by atomic mass is 16.7. The summed E-state index contributed by atoms with van der Waals surface area (Å²) in [7, 11) is 0. The molecular weight excluding hydrogens is 396 g/mol. The van der Waals surface area contributed by atoms with E-state index in [-0.39, 0.29) is 0 Å². The lowest BCUT2D eigenvalue weighted by atomic mass is 9.99. The summed E-state index contributed by atoms with van der Waals surface area (Å²) in [5.74, 6) is 0. The second kappa shape index (κ2) is 19.2. The molecule has 1 fully saturated rings. The Morgan fingerprint density at radius 1 is 0.581 bits per heavy atom. The van der Waals surface area contributed by atoms with Crippen molar-refractivity contribution in [1.29, 1.82) is 0 Å². The van der Waals surface area contributed by atoms with Gasteiger partial charge >= 0.3 is 0 Å². The van der Waals surface area contributed by atoms with Crippen LogP contribution in [0.25, 0.3) is 0 Å². The molecule has 186 valence electrons. The van der Waals surface area contributed by atoms with Gasteiger partial charge in [-0.15, -0.1) is 0 Å². The van der Waals surface area contributed by atoms with E-state index in [0.717, 1.165) is 12.8 Å². The van der Waals surface area contributed by atoms with E-state index in [1.165, 1.54) is 96.3 Å². The van der Waals surface area contributed by atoms with Gasteiger partial charge in [0.05, 0.1) is 6.61 Å². The van der Waals surface area contributed by atoms with Crippen LogP contribution >= 0.6 is 0 Å². The third kappa shape index (κ3) is 13.2. The van der Waals surface area contributed by atoms with Gasteiger partial charge in [-0.05, 0) is 6.42 Å². The molecule has 5 atom stereocenters. The van der Waals surface area contributed by atoms with Crippen molar-refractivity contribution in [2.24, 2.45) is 0 Å². The molecule has 1 saturated heterocycles. The van der Waals surface area contributed by atoms with Crippen LogP contribution in [-0.2, 0) is 9.47 Å². The van der Waals surface area contributed by atoms with E-state index in [1.54, 1.807) is 0 Å². The average Bonchev–Trinajstić information content (AvgIpc) is 2.78. The second-order valence-corrected chi connectivity index (χ2v) is 9.22. The molecule has 1 heterocycles. The predicted molar refractivity (Wildman–Crippen MR) is 124 cm³/mol. The van der Waals surface area contributed by atoms with Crippen LogP contribution in [0.3, 0.4) is 0 Å². The van der Waals surface area contributed by atoms with Gasteiger partial charge < -0.3 is 29.9 Å². The first-order valence-corrected chi connectivity index (χ1v) is 13.0. The summed E-state index contributed by atoms with van der Waals surface area (Å²) in [6.45, 7) is 2.28. The van der Waals surface area contributed by atoms with Gasteiger partial charge in [0.25, 0.3) is 0 Å². The highest BCUT2D eigenvalue weighted by Gasteiger charge is 2.43. The summed E-state index contributed by atoms with van der Waals surface area (Å²) in [4.78, 5) is 0. The Hall–Kier alpha value is -0.240. The molecule has 0 unspecified atom stereocenters. The first kappa shape index (κ1) is 28.8. The first-order chi connectivity index (χ1) is 15.1. The Morgan fingerprint density at radius 2 is 1.00 bits per heavy atom. The third-order valence-corrected chi connectivity index (χ3v) is 6.38. The summed E-state index contributed by atoms with van der Waals surface area (Å²) in [6, 6.07) is 0. The van der Waals surface area contributed by atoms with Gasteiger partial charge in [0.2, 0.25) is 0 Å². The van der Waals surface area contributed by atoms with Crippen molar-refractivity contribution in [3.05, 3.63) is 0 Å². The molecule has 6 nitrogen and oxygen atoms in total. The van der Waals surface area contributed by atoms with Crippen LogP contribution in [0.4, 0.5) is 0 Å². The monoisotopic (exact) mass is 446 g/mol. The molecule has 0 bridgehead atoms. The lowest BCUT2D eigenvalue weighted by Gasteiger charge is -2.39. The normalized spacial score (nSPS) is 26.4. The molecule has 0 spiro atoms. The van der Waals surface area contributed by atoms with E-state index in [4.69, 9.17) is 9.47 Å². The van der Waals surface area contributed by atoms with Crippen molar-refractivity contribution < 1.29 is 29.9 Å². The summed E-state index contributed by atoms with van der Waals surface area (Å²) in [6.07, 6.45) is 16.4. The van der Waals surface area contributed by atoms with E-state index in [1.807, 2.05) is 0 Å².